The molecule has 3 rings (SSSR count). The first-order valence-corrected chi connectivity index (χ1v) is 11.2. The third-order valence-corrected chi connectivity index (χ3v) is 5.86. The molecular weight excluding hydrogens is 408 g/mol. The van der Waals surface area contributed by atoms with Crippen molar-refractivity contribution in [1.82, 2.24) is 0 Å². The summed E-state index contributed by atoms with van der Waals surface area (Å²) in [6.07, 6.45) is 1.62. The van der Waals surface area contributed by atoms with E-state index >= 15 is 0 Å². The molecule has 2 aromatic carbocycles. The monoisotopic (exact) mass is 438 g/mol. The third-order valence-electron chi connectivity index (χ3n) is 5.86. The Labute approximate surface area is 188 Å². The number of ether oxygens (including phenoxy) is 3. The van der Waals surface area contributed by atoms with Gasteiger partial charge in [-0.15, -0.1) is 0 Å². The van der Waals surface area contributed by atoms with Crippen molar-refractivity contribution in [2.45, 2.75) is 72.2 Å². The fourth-order valence-electron chi connectivity index (χ4n) is 4.33. The Balaban J connectivity index is 2.09. The van der Waals surface area contributed by atoms with Gasteiger partial charge < -0.3 is 14.2 Å². The number of hydrogen-bond acceptors (Lipinski definition) is 6. The van der Waals surface area contributed by atoms with Gasteiger partial charge in [0.1, 0.15) is 13.0 Å². The molecule has 32 heavy (non-hydrogen) atoms. The van der Waals surface area contributed by atoms with E-state index in [4.69, 9.17) is 14.2 Å². The van der Waals surface area contributed by atoms with Crippen LogP contribution in [-0.2, 0) is 55.5 Å². The van der Waals surface area contributed by atoms with Gasteiger partial charge in [0.2, 0.25) is 0 Å². The molecule has 0 atom stereocenters. The molecule has 0 aromatic heterocycles. The average molecular weight is 439 g/mol. The van der Waals surface area contributed by atoms with Crippen LogP contribution in [0, 0.1) is 0 Å². The molecule has 0 aliphatic carbocycles. The molecule has 1 fully saturated rings. The molecule has 0 saturated carbocycles. The number of carbonyl (C=O) groups excluding carboxylic acids is 3. The van der Waals surface area contributed by atoms with Crippen LogP contribution in [-0.4, -0.2) is 17.9 Å². The normalized spacial score (nSPS) is 15.1. The lowest BCUT2D eigenvalue weighted by Crippen LogP contribution is -2.43. The second-order valence-electron chi connectivity index (χ2n) is 7.77. The summed E-state index contributed by atoms with van der Waals surface area (Å²) in [6.45, 7) is 7.89. The van der Waals surface area contributed by atoms with E-state index in [2.05, 4.69) is 0 Å². The topological polar surface area (TPSA) is 78.9 Å². The van der Waals surface area contributed by atoms with E-state index in [-0.39, 0.29) is 19.0 Å². The molecule has 1 aliphatic heterocycles. The molecule has 6 heteroatoms. The largest absolute Gasteiger partial charge is 0.457 e. The minimum absolute atomic E-state index is 0.184. The molecule has 0 unspecified atom stereocenters. The number of rotatable bonds is 8. The molecule has 6 nitrogen and oxygen atoms in total. The summed E-state index contributed by atoms with van der Waals surface area (Å²) in [5.41, 5.74) is 4.56. The molecule has 1 heterocycles. The van der Waals surface area contributed by atoms with Gasteiger partial charge in [0.05, 0.1) is 5.56 Å². The molecule has 1 saturated heterocycles. The van der Waals surface area contributed by atoms with E-state index in [1.54, 1.807) is 0 Å². The summed E-state index contributed by atoms with van der Waals surface area (Å²) in [6, 6.07) is 11.4. The van der Waals surface area contributed by atoms with Crippen LogP contribution >= 0.6 is 0 Å². The van der Waals surface area contributed by atoms with Crippen molar-refractivity contribution in [2.75, 3.05) is 0 Å². The van der Waals surface area contributed by atoms with Crippen molar-refractivity contribution in [1.29, 1.82) is 0 Å². The van der Waals surface area contributed by atoms with Crippen molar-refractivity contribution >= 4 is 17.9 Å². The van der Waals surface area contributed by atoms with Crippen LogP contribution in [0.15, 0.2) is 36.4 Å². The first-order chi connectivity index (χ1) is 15.4. The highest BCUT2D eigenvalue weighted by Crippen LogP contribution is 2.40. The van der Waals surface area contributed by atoms with Gasteiger partial charge in [-0.2, -0.15) is 0 Å². The Bertz CT molecular complexity index is 993. The molecule has 170 valence electrons. The third kappa shape index (κ3) is 4.54. The Morgan fingerprint density at radius 2 is 1.56 bits per heavy atom. The second kappa shape index (κ2) is 9.98. The molecule has 1 aliphatic rings. The van der Waals surface area contributed by atoms with Crippen molar-refractivity contribution in [3.8, 4) is 0 Å². The van der Waals surface area contributed by atoms with E-state index in [0.717, 1.165) is 22.3 Å². The van der Waals surface area contributed by atoms with E-state index < -0.39 is 24.1 Å². The predicted molar refractivity (Wildman–Crippen MR) is 119 cm³/mol. The van der Waals surface area contributed by atoms with Gasteiger partial charge in [-0.3, -0.25) is 9.59 Å². The quantitative estimate of drug-likeness (QED) is 0.436. The van der Waals surface area contributed by atoms with E-state index in [9.17, 15) is 14.4 Å². The lowest BCUT2D eigenvalue weighted by molar-refractivity contribution is -0.251. The molecule has 0 N–H and O–H groups in total. The number of cyclic esters (lactones) is 2. The number of benzene rings is 2. The van der Waals surface area contributed by atoms with Crippen LogP contribution in [0.25, 0.3) is 0 Å². The summed E-state index contributed by atoms with van der Waals surface area (Å²) in [7, 11) is 0. The Hall–Kier alpha value is -3.15. The smallest absolute Gasteiger partial charge is 0.339 e. The lowest BCUT2D eigenvalue weighted by Gasteiger charge is -2.37. The second-order valence-corrected chi connectivity index (χ2v) is 7.77. The standard InChI is InChI=1S/C26H30O6/c1-5-18-14-21(26(8-4)31-22(27)15-23(28)32-26)19(6-2)20(7-3)24(18)25(29)30-16-17-12-10-9-11-13-17/h9-14H,5-8,15-16H2,1-4H3. The number of aryl methyl sites for hydroxylation is 1. The fraction of sp³-hybridized carbons (Fsp3) is 0.423. The zero-order valence-electron chi connectivity index (χ0n) is 19.2. The van der Waals surface area contributed by atoms with Crippen LogP contribution < -0.4 is 0 Å². The molecule has 0 amide bonds. The first kappa shape index (κ1) is 23.5. The molecule has 0 radical (unpaired) electrons. The molecule has 2 aromatic rings. The average Bonchev–Trinajstić information content (AvgIpc) is 2.80. The van der Waals surface area contributed by atoms with Gasteiger partial charge in [0.25, 0.3) is 5.79 Å². The summed E-state index contributed by atoms with van der Waals surface area (Å²) in [5, 5.41) is 0. The van der Waals surface area contributed by atoms with Crippen LogP contribution in [0.2, 0.25) is 0 Å². The fourth-order valence-corrected chi connectivity index (χ4v) is 4.33. The zero-order chi connectivity index (χ0) is 23.3. The maximum Gasteiger partial charge on any atom is 0.339 e. The Morgan fingerprint density at radius 1 is 0.938 bits per heavy atom. The highest BCUT2D eigenvalue weighted by atomic mass is 16.7. The minimum atomic E-state index is -1.47. The van der Waals surface area contributed by atoms with Gasteiger partial charge in [-0.1, -0.05) is 58.0 Å². The van der Waals surface area contributed by atoms with Crippen LogP contribution in [0.4, 0.5) is 0 Å². The molecule has 0 spiro atoms. The summed E-state index contributed by atoms with van der Waals surface area (Å²) in [4.78, 5) is 37.4. The summed E-state index contributed by atoms with van der Waals surface area (Å²) in [5.74, 6) is -3.06. The first-order valence-electron chi connectivity index (χ1n) is 11.2. The SMILES string of the molecule is CCc1cc(C2(CC)OC(=O)CC(=O)O2)c(CC)c(CC)c1C(=O)OCc1ccccc1. The maximum atomic E-state index is 13.2. The van der Waals surface area contributed by atoms with Gasteiger partial charge in [-0.05, 0) is 47.6 Å². The maximum absolute atomic E-state index is 13.2. The van der Waals surface area contributed by atoms with E-state index in [0.29, 0.717) is 30.4 Å². The van der Waals surface area contributed by atoms with E-state index in [1.165, 1.54) is 0 Å². The Kier molecular flexibility index (Phi) is 7.33. The van der Waals surface area contributed by atoms with Crippen LogP contribution in [0.5, 0.6) is 0 Å². The van der Waals surface area contributed by atoms with Gasteiger partial charge in [-0.25, -0.2) is 4.79 Å². The van der Waals surface area contributed by atoms with Crippen LogP contribution in [0.1, 0.15) is 78.7 Å². The lowest BCUT2D eigenvalue weighted by atomic mass is 9.84. The summed E-state index contributed by atoms with van der Waals surface area (Å²) >= 11 is 0. The highest BCUT2D eigenvalue weighted by molar-refractivity contribution is 5.95. The zero-order valence-corrected chi connectivity index (χ0v) is 19.2. The predicted octanol–water partition coefficient (Wildman–Crippen LogP) is 4.78. The molecular formula is C26H30O6. The van der Waals surface area contributed by atoms with Crippen LogP contribution in [0.3, 0.4) is 0 Å². The Morgan fingerprint density at radius 3 is 2.09 bits per heavy atom. The van der Waals surface area contributed by atoms with Gasteiger partial charge in [0, 0.05) is 12.0 Å². The van der Waals surface area contributed by atoms with Crippen molar-refractivity contribution in [3.05, 3.63) is 69.8 Å². The van der Waals surface area contributed by atoms with Crippen molar-refractivity contribution in [2.24, 2.45) is 0 Å². The molecule has 0 bridgehead atoms. The van der Waals surface area contributed by atoms with Crippen molar-refractivity contribution < 1.29 is 28.6 Å². The van der Waals surface area contributed by atoms with E-state index in [1.807, 2.05) is 64.1 Å². The number of hydrogen-bond donors (Lipinski definition) is 0. The van der Waals surface area contributed by atoms with Crippen molar-refractivity contribution in [3.63, 3.8) is 0 Å². The van der Waals surface area contributed by atoms with Gasteiger partial charge >= 0.3 is 17.9 Å². The highest BCUT2D eigenvalue weighted by Gasteiger charge is 2.46. The minimum Gasteiger partial charge on any atom is -0.457 e. The number of carbonyl (C=O) groups is 3. The number of esters is 3. The van der Waals surface area contributed by atoms with Gasteiger partial charge in [0.15, 0.2) is 0 Å². The summed E-state index contributed by atoms with van der Waals surface area (Å²) < 4.78 is 16.9.